The van der Waals surface area contributed by atoms with Gasteiger partial charge < -0.3 is 4.67 Å². The van der Waals surface area contributed by atoms with E-state index in [-0.39, 0.29) is 13.9 Å². The topological polar surface area (TPSA) is 22.1 Å². The van der Waals surface area contributed by atoms with Gasteiger partial charge in [0.05, 0.1) is 5.54 Å². The normalized spacial score (nSPS) is 25.2. The van der Waals surface area contributed by atoms with E-state index in [1.807, 2.05) is 0 Å². The molecule has 1 saturated heterocycles. The van der Waals surface area contributed by atoms with Crippen LogP contribution in [0.5, 0.6) is 0 Å². The van der Waals surface area contributed by atoms with E-state index < -0.39 is 0 Å². The predicted octanol–water partition coefficient (Wildman–Crippen LogP) is 3.02. The zero-order valence-electron chi connectivity index (χ0n) is 13.1. The van der Waals surface area contributed by atoms with Crippen molar-refractivity contribution in [2.75, 3.05) is 33.7 Å². The van der Waals surface area contributed by atoms with Gasteiger partial charge in [0, 0.05) is 33.1 Å². The van der Waals surface area contributed by atoms with Crippen molar-refractivity contribution in [3.05, 3.63) is 0 Å². The molecule has 1 fully saturated rings. The Morgan fingerprint density at radius 3 is 2.22 bits per heavy atom. The molecule has 0 amide bonds. The van der Waals surface area contributed by atoms with E-state index >= 15 is 0 Å². The fraction of sp³-hybridized carbons (Fsp3) is 0.923. The van der Waals surface area contributed by atoms with Crippen LogP contribution in [0.2, 0.25) is 0 Å². The van der Waals surface area contributed by atoms with Gasteiger partial charge in [-0.1, -0.05) is 13.8 Å². The zero-order chi connectivity index (χ0) is 13.9. The van der Waals surface area contributed by atoms with Gasteiger partial charge in [-0.05, 0) is 27.8 Å². The summed E-state index contributed by atoms with van der Waals surface area (Å²) in [5.74, 6) is 1.26. The third-order valence-corrected chi connectivity index (χ3v) is 5.70. The van der Waals surface area contributed by atoms with Crippen LogP contribution in [0.3, 0.4) is 0 Å². The minimum atomic E-state index is -0.381. The molecule has 1 aliphatic heterocycles. The second kappa shape index (κ2) is 6.31. The molecule has 0 aliphatic carbocycles. The highest BCUT2D eigenvalue weighted by molar-refractivity contribution is 7.51. The highest BCUT2D eigenvalue weighted by Gasteiger charge is 2.32. The van der Waals surface area contributed by atoms with Crippen LogP contribution in [0.25, 0.3) is 0 Å². The molecule has 1 rings (SSSR count). The van der Waals surface area contributed by atoms with Crippen molar-refractivity contribution in [1.29, 1.82) is 0 Å². The summed E-state index contributed by atoms with van der Waals surface area (Å²) in [7, 11) is 4.05. The maximum Gasteiger partial charge on any atom is 0.149 e. The molecular formula is C13H29N4P. The van der Waals surface area contributed by atoms with Gasteiger partial charge in [-0.3, -0.25) is 14.3 Å². The molecular weight excluding hydrogens is 243 g/mol. The van der Waals surface area contributed by atoms with Crippen molar-refractivity contribution in [2.24, 2.45) is 4.99 Å². The Kier molecular flexibility index (Phi) is 5.57. The molecule has 0 aromatic rings. The van der Waals surface area contributed by atoms with Gasteiger partial charge in [-0.15, -0.1) is 0 Å². The second-order valence-corrected chi connectivity index (χ2v) is 8.15. The predicted molar refractivity (Wildman–Crippen MR) is 82.0 cm³/mol. The lowest BCUT2D eigenvalue weighted by Crippen LogP contribution is -2.43. The average Bonchev–Trinajstić information content (AvgIpc) is 2.27. The first-order chi connectivity index (χ1) is 8.30. The van der Waals surface area contributed by atoms with Crippen molar-refractivity contribution >= 4 is 14.2 Å². The minimum absolute atomic E-state index is 0.0176. The number of amidine groups is 1. The third kappa shape index (κ3) is 3.91. The number of aliphatic imine (C=N–C) groups is 1. The fourth-order valence-electron chi connectivity index (χ4n) is 2.24. The molecule has 1 aliphatic rings. The Hall–Kier alpha value is -0.180. The molecule has 0 radical (unpaired) electrons. The smallest absolute Gasteiger partial charge is 0.149 e. The van der Waals surface area contributed by atoms with Crippen molar-refractivity contribution in [1.82, 2.24) is 14.0 Å². The van der Waals surface area contributed by atoms with Gasteiger partial charge in [0.1, 0.15) is 14.2 Å². The summed E-state index contributed by atoms with van der Waals surface area (Å²) in [6.45, 7) is 14.3. The first-order valence-corrected chi connectivity index (χ1v) is 8.08. The van der Waals surface area contributed by atoms with Gasteiger partial charge in [0.15, 0.2) is 0 Å². The molecule has 1 atom stereocenters. The quantitative estimate of drug-likeness (QED) is 0.737. The van der Waals surface area contributed by atoms with E-state index in [1.54, 1.807) is 0 Å². The minimum Gasteiger partial charge on any atom is -0.317 e. The number of rotatable bonds is 3. The van der Waals surface area contributed by atoms with E-state index in [0.29, 0.717) is 0 Å². The summed E-state index contributed by atoms with van der Waals surface area (Å²) in [6.07, 6.45) is 1.06. The SMILES string of the molecule is CCN(CC)P1N(C)CCC(=NC(C)(C)C)N1C. The van der Waals surface area contributed by atoms with Crippen molar-refractivity contribution in [2.45, 2.75) is 46.6 Å². The van der Waals surface area contributed by atoms with Crippen molar-refractivity contribution in [3.8, 4) is 0 Å². The first-order valence-electron chi connectivity index (χ1n) is 6.88. The maximum atomic E-state index is 4.89. The van der Waals surface area contributed by atoms with Gasteiger partial charge in [0.2, 0.25) is 0 Å². The van der Waals surface area contributed by atoms with Gasteiger partial charge in [0.25, 0.3) is 0 Å². The molecule has 1 heterocycles. The molecule has 4 nitrogen and oxygen atoms in total. The fourth-order valence-corrected chi connectivity index (χ4v) is 4.65. The maximum absolute atomic E-state index is 4.89. The molecule has 106 valence electrons. The Labute approximate surface area is 114 Å². The van der Waals surface area contributed by atoms with Gasteiger partial charge >= 0.3 is 0 Å². The van der Waals surface area contributed by atoms with E-state index in [4.69, 9.17) is 4.99 Å². The average molecular weight is 272 g/mol. The lowest BCUT2D eigenvalue weighted by atomic mass is 10.1. The van der Waals surface area contributed by atoms with Crippen LogP contribution in [0.4, 0.5) is 0 Å². The third-order valence-electron chi connectivity index (χ3n) is 3.05. The van der Waals surface area contributed by atoms with Crippen LogP contribution in [0, 0.1) is 0 Å². The summed E-state index contributed by atoms with van der Waals surface area (Å²) in [5, 5.41) is 0. The molecule has 1 unspecified atom stereocenters. The van der Waals surface area contributed by atoms with Gasteiger partial charge in [-0.2, -0.15) is 0 Å². The zero-order valence-corrected chi connectivity index (χ0v) is 14.0. The Bertz CT molecular complexity index is 294. The van der Waals surface area contributed by atoms with Crippen LogP contribution >= 0.6 is 8.37 Å². The number of hydrogen-bond donors (Lipinski definition) is 0. The van der Waals surface area contributed by atoms with Crippen molar-refractivity contribution < 1.29 is 0 Å². The van der Waals surface area contributed by atoms with E-state index in [1.165, 1.54) is 5.84 Å². The molecule has 5 heteroatoms. The van der Waals surface area contributed by atoms with Crippen LogP contribution in [-0.4, -0.2) is 59.1 Å². The van der Waals surface area contributed by atoms with E-state index in [0.717, 1.165) is 26.1 Å². The largest absolute Gasteiger partial charge is 0.317 e. The molecule has 0 aromatic heterocycles. The Balaban J connectivity index is 2.93. The van der Waals surface area contributed by atoms with Crippen LogP contribution in [0.15, 0.2) is 4.99 Å². The highest BCUT2D eigenvalue weighted by atomic mass is 31.2. The molecule has 0 bridgehead atoms. The van der Waals surface area contributed by atoms with Gasteiger partial charge in [-0.25, -0.2) is 0 Å². The Morgan fingerprint density at radius 2 is 1.78 bits per heavy atom. The van der Waals surface area contributed by atoms with E-state index in [2.05, 4.69) is 62.7 Å². The number of nitrogens with zero attached hydrogens (tertiary/aromatic N) is 4. The standard InChI is InChI=1S/C13H29N4P/c1-8-17(9-2)18-15(6)11-10-12(16(18)7)14-13(3,4)5/h8-11H2,1-7H3. The number of hydrogen-bond acceptors (Lipinski definition) is 3. The lowest BCUT2D eigenvalue weighted by Gasteiger charge is -2.46. The second-order valence-electron chi connectivity index (χ2n) is 5.76. The molecule has 0 spiro atoms. The van der Waals surface area contributed by atoms with Crippen LogP contribution < -0.4 is 0 Å². The first kappa shape index (κ1) is 15.9. The molecule has 0 N–H and O–H groups in total. The van der Waals surface area contributed by atoms with Crippen molar-refractivity contribution in [3.63, 3.8) is 0 Å². The lowest BCUT2D eigenvalue weighted by molar-refractivity contribution is 0.394. The summed E-state index contributed by atoms with van der Waals surface area (Å²) < 4.78 is 7.41. The highest BCUT2D eigenvalue weighted by Crippen LogP contribution is 2.48. The molecule has 0 saturated carbocycles. The molecule has 0 aromatic carbocycles. The molecule has 18 heavy (non-hydrogen) atoms. The van der Waals surface area contributed by atoms with E-state index in [9.17, 15) is 0 Å². The Morgan fingerprint density at radius 1 is 1.22 bits per heavy atom. The summed E-state index contributed by atoms with van der Waals surface area (Å²) in [4.78, 5) is 4.89. The monoisotopic (exact) mass is 272 g/mol. The van der Waals surface area contributed by atoms with Crippen LogP contribution in [0.1, 0.15) is 41.0 Å². The summed E-state index contributed by atoms with van der Waals surface area (Å²) in [6, 6.07) is 0. The summed E-state index contributed by atoms with van der Waals surface area (Å²) in [5.41, 5.74) is 0.0176. The summed E-state index contributed by atoms with van der Waals surface area (Å²) >= 11 is 0. The van der Waals surface area contributed by atoms with Crippen LogP contribution in [-0.2, 0) is 0 Å².